The van der Waals surface area contributed by atoms with Crippen molar-refractivity contribution in [2.45, 2.75) is 65.1 Å². The Balaban J connectivity index is 1.70. The fourth-order valence-electron chi connectivity index (χ4n) is 6.11. The lowest BCUT2D eigenvalue weighted by Crippen LogP contribution is -2.33. The third-order valence-electron chi connectivity index (χ3n) is 8.42. The minimum Gasteiger partial charge on any atom is -0.454 e. The molecule has 0 amide bonds. The molecule has 0 spiro atoms. The maximum Gasteiger partial charge on any atom is 0.216 e. The number of fused-ring (bicyclic) bond motifs is 4. The van der Waals surface area contributed by atoms with E-state index in [2.05, 4.69) is 75.6 Å². The average molecular weight is 478 g/mol. The normalized spacial score (nSPS) is 18.0. The van der Waals surface area contributed by atoms with Gasteiger partial charge in [0.15, 0.2) is 6.20 Å². The minimum absolute atomic E-state index is 0.0435. The van der Waals surface area contributed by atoms with Crippen LogP contribution in [0.25, 0.3) is 44.3 Å². The van der Waals surface area contributed by atoms with Crippen LogP contribution in [0.5, 0.6) is 0 Å². The van der Waals surface area contributed by atoms with E-state index in [4.69, 9.17) is 8.53 Å². The van der Waals surface area contributed by atoms with E-state index in [1.54, 1.807) is 6.07 Å². The second-order valence-corrected chi connectivity index (χ2v) is 11.9. The molecule has 2 heterocycles. The molecule has 0 aliphatic heterocycles. The molecule has 0 N–H and O–H groups in total. The highest BCUT2D eigenvalue weighted by Gasteiger charge is 2.37. The average Bonchev–Trinajstić information content (AvgIpc) is 3.25. The van der Waals surface area contributed by atoms with Crippen molar-refractivity contribution in [1.82, 2.24) is 0 Å². The molecule has 0 unspecified atom stereocenters. The number of rotatable bonds is 2. The monoisotopic (exact) mass is 477 g/mol. The Morgan fingerprint density at radius 1 is 0.833 bits per heavy atom. The lowest BCUT2D eigenvalue weighted by molar-refractivity contribution is -0.660. The Morgan fingerprint density at radius 2 is 1.61 bits per heavy atom. The lowest BCUT2D eigenvalue weighted by atomic mass is 9.63. The number of hydrogen-bond donors (Lipinski definition) is 0. The molecule has 182 valence electrons. The smallest absolute Gasteiger partial charge is 0.216 e. The zero-order chi connectivity index (χ0) is 27.9. The minimum atomic E-state index is -2.23. The number of nitrogens with zero attached hydrogens (tertiary/aromatic N) is 1. The van der Waals surface area contributed by atoms with Crippen LogP contribution in [0, 0.1) is 13.8 Å². The SMILES string of the molecule is [2H]C([2H])([2H])c1cc(-c2ccc3c(c2)C(C)(C)CCC3(C)C)c2oc3c(-c4cccc[n+]4C)c(C)ccc3c2c1. The van der Waals surface area contributed by atoms with Gasteiger partial charge in [-0.1, -0.05) is 58.0 Å². The molecule has 2 nitrogen and oxygen atoms in total. The molecule has 0 radical (unpaired) electrons. The first-order valence-corrected chi connectivity index (χ1v) is 12.9. The summed E-state index contributed by atoms with van der Waals surface area (Å²) in [5, 5.41) is 1.77. The highest BCUT2D eigenvalue weighted by molar-refractivity contribution is 6.13. The molecule has 5 aromatic rings. The molecule has 0 atom stereocenters. The predicted molar refractivity (Wildman–Crippen MR) is 151 cm³/mol. The van der Waals surface area contributed by atoms with Gasteiger partial charge in [-0.15, -0.1) is 0 Å². The maximum atomic E-state index is 8.27. The van der Waals surface area contributed by atoms with Gasteiger partial charge >= 0.3 is 0 Å². The second-order valence-electron chi connectivity index (χ2n) is 11.9. The molecule has 0 saturated carbocycles. The van der Waals surface area contributed by atoms with Gasteiger partial charge in [-0.25, -0.2) is 4.57 Å². The Hall–Kier alpha value is -3.39. The topological polar surface area (TPSA) is 17.0 Å². The van der Waals surface area contributed by atoms with Gasteiger partial charge in [0.05, 0.1) is 5.56 Å². The summed E-state index contributed by atoms with van der Waals surface area (Å²) >= 11 is 0. The summed E-state index contributed by atoms with van der Waals surface area (Å²) < 4.78 is 33.7. The molecule has 1 aliphatic rings. The number of hydrogen-bond acceptors (Lipinski definition) is 1. The highest BCUT2D eigenvalue weighted by atomic mass is 16.3. The molecule has 0 fully saturated rings. The van der Waals surface area contributed by atoms with Crippen LogP contribution >= 0.6 is 0 Å². The zero-order valence-corrected chi connectivity index (χ0v) is 22.1. The molecule has 3 aromatic carbocycles. The van der Waals surface area contributed by atoms with Crippen molar-refractivity contribution in [2.75, 3.05) is 0 Å². The Bertz CT molecular complexity index is 1770. The summed E-state index contributed by atoms with van der Waals surface area (Å²) in [6.07, 6.45) is 4.29. The third kappa shape index (κ3) is 3.42. The van der Waals surface area contributed by atoms with Crippen molar-refractivity contribution in [2.24, 2.45) is 7.05 Å². The highest BCUT2D eigenvalue weighted by Crippen LogP contribution is 2.48. The summed E-state index contributed by atoms with van der Waals surface area (Å²) in [5.74, 6) is 0. The van der Waals surface area contributed by atoms with Crippen LogP contribution in [-0.2, 0) is 17.9 Å². The number of aromatic nitrogens is 1. The first kappa shape index (κ1) is 19.8. The van der Waals surface area contributed by atoms with Crippen LogP contribution in [0.1, 0.15) is 66.9 Å². The largest absolute Gasteiger partial charge is 0.454 e. The maximum absolute atomic E-state index is 8.27. The molecular weight excluding hydrogens is 438 g/mol. The molecule has 2 heteroatoms. The fourth-order valence-corrected chi connectivity index (χ4v) is 6.11. The number of furan rings is 1. The van der Waals surface area contributed by atoms with Gasteiger partial charge in [0.25, 0.3) is 0 Å². The quantitative estimate of drug-likeness (QED) is 0.232. The predicted octanol–water partition coefficient (Wildman–Crippen LogP) is 8.71. The van der Waals surface area contributed by atoms with Gasteiger partial charge in [-0.3, -0.25) is 0 Å². The number of pyridine rings is 1. The van der Waals surface area contributed by atoms with Crippen LogP contribution in [0.2, 0.25) is 0 Å². The van der Waals surface area contributed by atoms with E-state index >= 15 is 0 Å². The van der Waals surface area contributed by atoms with E-state index in [1.165, 1.54) is 11.1 Å². The van der Waals surface area contributed by atoms with Crippen molar-refractivity contribution in [3.05, 3.63) is 89.1 Å². The standard InChI is InChI=1S/C34H36NO/c1-21-18-25(23-12-14-27-28(20-23)34(5,6)16-15-33(27,3)4)31-26(19-21)24-13-11-22(2)30(32(24)36-31)29-10-8-9-17-35(29)7/h8-14,17-20H,15-16H2,1-7H3/q+1/i1D3. The van der Waals surface area contributed by atoms with E-state index in [0.717, 1.165) is 62.7 Å². The third-order valence-corrected chi connectivity index (χ3v) is 8.42. The first-order valence-electron chi connectivity index (χ1n) is 14.4. The molecular formula is C34H36NO+. The van der Waals surface area contributed by atoms with Crippen LogP contribution < -0.4 is 4.57 Å². The molecule has 2 aromatic heterocycles. The summed E-state index contributed by atoms with van der Waals surface area (Å²) in [4.78, 5) is 0. The van der Waals surface area contributed by atoms with E-state index in [9.17, 15) is 0 Å². The van der Waals surface area contributed by atoms with Gasteiger partial charge in [-0.2, -0.15) is 0 Å². The molecule has 36 heavy (non-hydrogen) atoms. The first-order chi connectivity index (χ1) is 18.3. The number of benzene rings is 3. The molecule has 0 bridgehead atoms. The Labute approximate surface area is 218 Å². The van der Waals surface area contributed by atoms with E-state index in [-0.39, 0.29) is 10.8 Å². The van der Waals surface area contributed by atoms with Crippen LogP contribution in [0.4, 0.5) is 0 Å². The van der Waals surface area contributed by atoms with Crippen LogP contribution in [0.15, 0.2) is 71.3 Å². The number of aryl methyl sites for hydroxylation is 3. The van der Waals surface area contributed by atoms with E-state index in [0.29, 0.717) is 5.56 Å². The summed E-state index contributed by atoms with van der Waals surface area (Å²) in [6.45, 7) is 9.13. The van der Waals surface area contributed by atoms with E-state index < -0.39 is 6.85 Å². The second kappa shape index (κ2) is 7.80. The molecule has 1 aliphatic carbocycles. The fraction of sp³-hybridized carbons (Fsp3) is 0.324. The zero-order valence-electron chi connectivity index (χ0n) is 25.1. The molecule has 0 saturated heterocycles. The summed E-state index contributed by atoms with van der Waals surface area (Å²) in [5.41, 5.74) is 9.74. The van der Waals surface area contributed by atoms with Crippen LogP contribution in [-0.4, -0.2) is 0 Å². The van der Waals surface area contributed by atoms with Gasteiger partial charge in [0, 0.05) is 32.6 Å². The summed E-state index contributed by atoms with van der Waals surface area (Å²) in [7, 11) is 2.03. The van der Waals surface area contributed by atoms with Crippen LogP contribution in [0.3, 0.4) is 0 Å². The Kier molecular flexibility index (Phi) is 4.28. The van der Waals surface area contributed by atoms with Crippen molar-refractivity contribution in [3.63, 3.8) is 0 Å². The van der Waals surface area contributed by atoms with Crippen molar-refractivity contribution >= 4 is 21.9 Å². The van der Waals surface area contributed by atoms with Gasteiger partial charge < -0.3 is 4.42 Å². The van der Waals surface area contributed by atoms with Gasteiger partial charge in [0.1, 0.15) is 18.2 Å². The van der Waals surface area contributed by atoms with Crippen molar-refractivity contribution in [3.8, 4) is 22.4 Å². The molecule has 6 rings (SSSR count). The lowest BCUT2D eigenvalue weighted by Gasteiger charge is -2.42. The van der Waals surface area contributed by atoms with Crippen molar-refractivity contribution in [1.29, 1.82) is 0 Å². The van der Waals surface area contributed by atoms with Crippen molar-refractivity contribution < 1.29 is 13.1 Å². The van der Waals surface area contributed by atoms with E-state index in [1.807, 2.05) is 31.4 Å². The summed E-state index contributed by atoms with van der Waals surface area (Å²) in [6, 6.07) is 20.6. The van der Waals surface area contributed by atoms with Gasteiger partial charge in [-0.05, 0) is 83.5 Å². The Morgan fingerprint density at radius 3 is 2.36 bits per heavy atom. The van der Waals surface area contributed by atoms with Gasteiger partial charge in [0.2, 0.25) is 5.69 Å².